The van der Waals surface area contributed by atoms with E-state index in [0.717, 1.165) is 13.0 Å². The van der Waals surface area contributed by atoms with Gasteiger partial charge in [0.05, 0.1) is 0 Å². The van der Waals surface area contributed by atoms with Crippen LogP contribution in [0.1, 0.15) is 12.8 Å². The van der Waals surface area contributed by atoms with Crippen LogP contribution in [-0.4, -0.2) is 34.1 Å². The zero-order chi connectivity index (χ0) is 9.56. The minimum Gasteiger partial charge on any atom is -0.320 e. The van der Waals surface area contributed by atoms with Gasteiger partial charge in [0.2, 0.25) is 5.91 Å². The first kappa shape index (κ1) is 11.4. The van der Waals surface area contributed by atoms with Gasteiger partial charge in [0, 0.05) is 36.3 Å². The van der Waals surface area contributed by atoms with E-state index >= 15 is 0 Å². The highest BCUT2D eigenvalue weighted by Gasteiger charge is 2.15. The van der Waals surface area contributed by atoms with Crippen LogP contribution in [0.4, 0.5) is 0 Å². The summed E-state index contributed by atoms with van der Waals surface area (Å²) >= 11 is 0. The zero-order valence-corrected chi connectivity index (χ0v) is 8.39. The molecule has 1 rings (SSSR count). The van der Waals surface area contributed by atoms with Gasteiger partial charge < -0.3 is 4.90 Å². The van der Waals surface area contributed by atoms with Gasteiger partial charge in [-0.25, -0.2) is 0 Å². The van der Waals surface area contributed by atoms with Crippen LogP contribution in [-0.2, 0) is 15.6 Å². The molecule has 1 saturated heterocycles. The molecule has 1 aliphatic heterocycles. The van der Waals surface area contributed by atoms with Gasteiger partial charge in [-0.3, -0.25) is 9.00 Å². The molecule has 3 nitrogen and oxygen atoms in total. The van der Waals surface area contributed by atoms with Gasteiger partial charge in [-0.05, 0) is 12.6 Å². The largest absolute Gasteiger partial charge is 0.320 e. The fourth-order valence-corrected chi connectivity index (χ4v) is 0.862. The molecule has 0 spiro atoms. The summed E-state index contributed by atoms with van der Waals surface area (Å²) in [6.07, 6.45) is 6.56. The smallest absolute Gasteiger partial charge is 0.226 e. The maximum Gasteiger partial charge on any atom is 0.226 e. The average molecular weight is 189 g/mol. The third kappa shape index (κ3) is 5.07. The van der Waals surface area contributed by atoms with E-state index in [1.807, 2.05) is 0 Å². The summed E-state index contributed by atoms with van der Waals surface area (Å²) in [6, 6.07) is 0. The molecule has 0 aliphatic carbocycles. The lowest BCUT2D eigenvalue weighted by molar-refractivity contribution is -0.125. The molecule has 1 heterocycles. The number of amides is 1. The number of nitrogens with zero attached hydrogens (tertiary/aromatic N) is 1. The topological polar surface area (TPSA) is 37.4 Å². The summed E-state index contributed by atoms with van der Waals surface area (Å²) in [4.78, 5) is 12.3. The van der Waals surface area contributed by atoms with Crippen LogP contribution in [0, 0.1) is 0 Å². The Morgan fingerprint density at radius 3 is 2.25 bits per heavy atom. The van der Waals surface area contributed by atoms with Gasteiger partial charge in [-0.1, -0.05) is 6.58 Å². The van der Waals surface area contributed by atoms with Crippen LogP contribution in [0.15, 0.2) is 12.8 Å². The molecule has 0 saturated carbocycles. The van der Waals surface area contributed by atoms with Crippen molar-refractivity contribution in [2.24, 2.45) is 0 Å². The number of carbonyl (C=O) groups is 1. The molecule has 0 aromatic rings. The Labute approximate surface area is 75.9 Å². The molecule has 0 aromatic heterocycles. The lowest BCUT2D eigenvalue weighted by atomic mass is 10.4. The second-order valence-corrected chi connectivity index (χ2v) is 4.10. The van der Waals surface area contributed by atoms with Crippen molar-refractivity contribution in [3.63, 3.8) is 0 Å². The van der Waals surface area contributed by atoms with Gasteiger partial charge in [0.1, 0.15) is 0 Å². The molecule has 0 unspecified atom stereocenters. The van der Waals surface area contributed by atoms with E-state index < -0.39 is 10.8 Å². The van der Waals surface area contributed by atoms with Crippen molar-refractivity contribution in [2.45, 2.75) is 12.8 Å². The summed E-state index contributed by atoms with van der Waals surface area (Å²) in [6.45, 7) is 4.36. The molecule has 0 N–H and O–H groups in total. The highest BCUT2D eigenvalue weighted by Crippen LogP contribution is 2.08. The summed E-state index contributed by atoms with van der Waals surface area (Å²) in [5.74, 6) is 0.208. The minimum atomic E-state index is -0.611. The molecular formula is C8H15NO2S. The summed E-state index contributed by atoms with van der Waals surface area (Å²) in [7, 11) is -0.611. The van der Waals surface area contributed by atoms with Crippen LogP contribution < -0.4 is 0 Å². The molecular weight excluding hydrogens is 174 g/mol. The standard InChI is InChI=1S/C6H9NO.C2H6OS/c1-2-7-5-3-4-6(7)8;1-4(2)3/h2H,1,3-5H2;1-2H3. The Balaban J connectivity index is 0.000000261. The lowest BCUT2D eigenvalue weighted by Gasteiger charge is -2.05. The fraction of sp³-hybridized carbons (Fsp3) is 0.625. The van der Waals surface area contributed by atoms with E-state index in [2.05, 4.69) is 6.58 Å². The van der Waals surface area contributed by atoms with Crippen LogP contribution in [0.25, 0.3) is 0 Å². The monoisotopic (exact) mass is 189 g/mol. The van der Waals surface area contributed by atoms with E-state index in [9.17, 15) is 9.00 Å². The highest BCUT2D eigenvalue weighted by molar-refractivity contribution is 7.83. The Morgan fingerprint density at radius 1 is 1.58 bits per heavy atom. The number of rotatable bonds is 1. The fourth-order valence-electron chi connectivity index (χ4n) is 0.862. The van der Waals surface area contributed by atoms with E-state index in [4.69, 9.17) is 0 Å². The molecule has 1 amide bonds. The van der Waals surface area contributed by atoms with Crippen LogP contribution in [0.2, 0.25) is 0 Å². The molecule has 0 bridgehead atoms. The van der Waals surface area contributed by atoms with Crippen molar-refractivity contribution >= 4 is 16.7 Å². The quantitative estimate of drug-likeness (QED) is 0.610. The number of hydrogen-bond acceptors (Lipinski definition) is 2. The maximum atomic E-state index is 10.7. The number of hydrogen-bond donors (Lipinski definition) is 0. The van der Waals surface area contributed by atoms with Crippen LogP contribution in [0.3, 0.4) is 0 Å². The van der Waals surface area contributed by atoms with E-state index in [1.165, 1.54) is 0 Å². The molecule has 0 radical (unpaired) electrons. The molecule has 1 aliphatic rings. The summed E-state index contributed by atoms with van der Waals surface area (Å²) in [5, 5.41) is 0. The zero-order valence-electron chi connectivity index (χ0n) is 7.58. The molecule has 12 heavy (non-hydrogen) atoms. The highest BCUT2D eigenvalue weighted by atomic mass is 32.2. The first-order chi connectivity index (χ1) is 5.57. The Hall–Kier alpha value is -0.640. The summed E-state index contributed by atoms with van der Waals surface area (Å²) in [5.41, 5.74) is 0. The van der Waals surface area contributed by atoms with Crippen molar-refractivity contribution in [3.8, 4) is 0 Å². The number of carbonyl (C=O) groups excluding carboxylic acids is 1. The van der Waals surface area contributed by atoms with E-state index in [1.54, 1.807) is 23.6 Å². The first-order valence-electron chi connectivity index (χ1n) is 3.75. The van der Waals surface area contributed by atoms with Crippen LogP contribution >= 0.6 is 0 Å². The van der Waals surface area contributed by atoms with Crippen molar-refractivity contribution in [1.82, 2.24) is 4.90 Å². The average Bonchev–Trinajstić information content (AvgIpc) is 2.33. The molecule has 0 aromatic carbocycles. The van der Waals surface area contributed by atoms with Gasteiger partial charge in [0.15, 0.2) is 0 Å². The maximum absolute atomic E-state index is 10.7. The second kappa shape index (κ2) is 5.94. The third-order valence-corrected chi connectivity index (χ3v) is 1.33. The third-order valence-electron chi connectivity index (χ3n) is 1.33. The SMILES string of the molecule is C=CN1CCCC1=O.CS(C)=O. The van der Waals surface area contributed by atoms with Crippen molar-refractivity contribution < 1.29 is 9.00 Å². The van der Waals surface area contributed by atoms with Crippen molar-refractivity contribution in [1.29, 1.82) is 0 Å². The van der Waals surface area contributed by atoms with Gasteiger partial charge in [0.25, 0.3) is 0 Å². The number of likely N-dealkylation sites (tertiary alicyclic amines) is 1. The van der Waals surface area contributed by atoms with E-state index in [0.29, 0.717) is 6.42 Å². The predicted molar refractivity (Wildman–Crippen MR) is 51.1 cm³/mol. The Bertz CT molecular complexity index is 187. The van der Waals surface area contributed by atoms with Gasteiger partial charge >= 0.3 is 0 Å². The van der Waals surface area contributed by atoms with Gasteiger partial charge in [-0.2, -0.15) is 0 Å². The minimum absolute atomic E-state index is 0.208. The predicted octanol–water partition coefficient (Wildman–Crippen LogP) is 0.747. The Morgan fingerprint density at radius 2 is 2.08 bits per heavy atom. The summed E-state index contributed by atoms with van der Waals surface area (Å²) < 4.78 is 9.56. The van der Waals surface area contributed by atoms with E-state index in [-0.39, 0.29) is 5.91 Å². The second-order valence-electron chi connectivity index (χ2n) is 2.61. The van der Waals surface area contributed by atoms with Gasteiger partial charge in [-0.15, -0.1) is 0 Å². The van der Waals surface area contributed by atoms with Crippen LogP contribution in [0.5, 0.6) is 0 Å². The molecule has 0 atom stereocenters. The molecule has 4 heteroatoms. The molecule has 1 fully saturated rings. The Kier molecular flexibility index (Phi) is 5.62. The lowest BCUT2D eigenvalue weighted by Crippen LogP contribution is -2.16. The normalized spacial score (nSPS) is 15.9. The first-order valence-corrected chi connectivity index (χ1v) is 5.71. The molecule has 70 valence electrons. The van der Waals surface area contributed by atoms with Crippen molar-refractivity contribution in [3.05, 3.63) is 12.8 Å². The van der Waals surface area contributed by atoms with Crippen molar-refractivity contribution in [2.75, 3.05) is 19.1 Å².